The van der Waals surface area contributed by atoms with E-state index in [1.807, 2.05) is 0 Å². The van der Waals surface area contributed by atoms with E-state index in [4.69, 9.17) is 26.8 Å². The lowest BCUT2D eigenvalue weighted by molar-refractivity contribution is -0.265. The highest BCUT2D eigenvalue weighted by Gasteiger charge is 2.58. The van der Waals surface area contributed by atoms with Crippen LogP contribution >= 0.6 is 11.6 Å². The van der Waals surface area contributed by atoms with Gasteiger partial charge in [-0.05, 0) is 61.9 Å². The lowest BCUT2D eigenvalue weighted by Crippen LogP contribution is -2.52. The van der Waals surface area contributed by atoms with E-state index in [0.717, 1.165) is 18.2 Å². The van der Waals surface area contributed by atoms with Crippen LogP contribution in [0.25, 0.3) is 22.2 Å². The minimum absolute atomic E-state index is 0.0187. The zero-order valence-corrected chi connectivity index (χ0v) is 24.9. The first-order valence-corrected chi connectivity index (χ1v) is 14.0. The van der Waals surface area contributed by atoms with Gasteiger partial charge in [0, 0.05) is 22.1 Å². The molecule has 0 unspecified atom stereocenters. The van der Waals surface area contributed by atoms with Crippen molar-refractivity contribution < 1.29 is 41.7 Å². The molecule has 2 amide bonds. The standard InChI is InChI=1S/C31H27ClF4N4O5/c1-4-29(28(37)42)14-45-26-20(29)12-23(40-25(26)16-5-7-19(33)8-6-16)30(43,31(34,35)36)13-38-27(41)18-9-17-10-21(32)15(2)39-24(17)22(11-18)44-3/h5-12,43H,4,13-14H2,1-3H3,(H2,37,42)(H,38,41)/t29-,30+/m1/s1. The number of nitrogens with zero attached hydrogens (tertiary/aromatic N) is 2. The van der Waals surface area contributed by atoms with Gasteiger partial charge in [0.05, 0.1) is 30.1 Å². The fourth-order valence-electron chi connectivity index (χ4n) is 5.25. The Hall–Kier alpha value is -4.49. The van der Waals surface area contributed by atoms with Crippen LogP contribution in [0.3, 0.4) is 0 Å². The van der Waals surface area contributed by atoms with Crippen molar-refractivity contribution >= 4 is 34.3 Å². The van der Waals surface area contributed by atoms with Crippen LogP contribution in [0.5, 0.6) is 11.5 Å². The summed E-state index contributed by atoms with van der Waals surface area (Å²) >= 11 is 6.18. The fraction of sp³-hybridized carbons (Fsp3) is 0.290. The van der Waals surface area contributed by atoms with E-state index < -0.39 is 47.1 Å². The predicted octanol–water partition coefficient (Wildman–Crippen LogP) is 5.11. The Kier molecular flexibility index (Phi) is 8.13. The number of aryl methyl sites for hydroxylation is 1. The number of rotatable bonds is 8. The van der Waals surface area contributed by atoms with Crippen LogP contribution < -0.4 is 20.5 Å². The highest BCUT2D eigenvalue weighted by molar-refractivity contribution is 6.31. The fourth-order valence-corrected chi connectivity index (χ4v) is 5.41. The Labute approximate surface area is 259 Å². The molecule has 0 bridgehead atoms. The molecule has 5 rings (SSSR count). The van der Waals surface area contributed by atoms with Crippen LogP contribution in [0.1, 0.15) is 40.7 Å². The van der Waals surface area contributed by atoms with E-state index in [1.54, 1.807) is 13.8 Å². The second kappa shape index (κ2) is 11.5. The topological polar surface area (TPSA) is 137 Å². The maximum Gasteiger partial charge on any atom is 0.424 e. The first-order valence-electron chi connectivity index (χ1n) is 13.6. The number of carbonyl (C=O) groups is 2. The Bertz CT molecular complexity index is 1840. The number of hydrogen-bond acceptors (Lipinski definition) is 7. The molecule has 4 aromatic rings. The van der Waals surface area contributed by atoms with Gasteiger partial charge in [0.1, 0.15) is 40.5 Å². The Morgan fingerprint density at radius 3 is 2.44 bits per heavy atom. The van der Waals surface area contributed by atoms with Crippen molar-refractivity contribution in [1.82, 2.24) is 15.3 Å². The molecule has 4 N–H and O–H groups in total. The van der Waals surface area contributed by atoms with E-state index in [0.29, 0.717) is 21.6 Å². The van der Waals surface area contributed by atoms with Crippen LogP contribution in [0.2, 0.25) is 5.02 Å². The van der Waals surface area contributed by atoms with Gasteiger partial charge in [0.15, 0.2) is 0 Å². The zero-order chi connectivity index (χ0) is 32.9. The quantitative estimate of drug-likeness (QED) is 0.226. The van der Waals surface area contributed by atoms with Crippen molar-refractivity contribution in [3.63, 3.8) is 0 Å². The first kappa shape index (κ1) is 31.9. The number of amides is 2. The molecule has 9 nitrogen and oxygen atoms in total. The van der Waals surface area contributed by atoms with Crippen molar-refractivity contribution in [2.45, 2.75) is 37.5 Å². The zero-order valence-electron chi connectivity index (χ0n) is 24.2. The van der Waals surface area contributed by atoms with Crippen LogP contribution in [-0.2, 0) is 15.8 Å². The Morgan fingerprint density at radius 1 is 1.16 bits per heavy atom. The lowest BCUT2D eigenvalue weighted by atomic mass is 9.78. The number of nitrogens with two attached hydrogens (primary N) is 1. The number of nitrogens with one attached hydrogen (secondary N) is 1. The average Bonchev–Trinajstić information content (AvgIpc) is 3.39. The molecule has 2 aromatic carbocycles. The molecule has 1 aliphatic heterocycles. The van der Waals surface area contributed by atoms with E-state index in [2.05, 4.69) is 15.3 Å². The molecular weight excluding hydrogens is 620 g/mol. The smallest absolute Gasteiger partial charge is 0.424 e. The van der Waals surface area contributed by atoms with Crippen LogP contribution in [0.15, 0.2) is 48.5 Å². The largest absolute Gasteiger partial charge is 0.494 e. The number of methoxy groups -OCH3 is 1. The second-order valence-electron chi connectivity index (χ2n) is 10.7. The minimum atomic E-state index is -5.38. The molecule has 0 fully saturated rings. The third kappa shape index (κ3) is 5.39. The minimum Gasteiger partial charge on any atom is -0.494 e. The number of hydrogen-bond donors (Lipinski definition) is 3. The molecule has 236 valence electrons. The Balaban J connectivity index is 1.60. The third-order valence-corrected chi connectivity index (χ3v) is 8.42. The number of alkyl halides is 3. The number of aliphatic hydroxyl groups is 1. The molecule has 0 aliphatic carbocycles. The monoisotopic (exact) mass is 646 g/mol. The molecule has 1 aliphatic rings. The first-order chi connectivity index (χ1) is 21.1. The highest BCUT2D eigenvalue weighted by Crippen LogP contribution is 2.49. The lowest BCUT2D eigenvalue weighted by Gasteiger charge is -2.32. The number of pyridine rings is 2. The maximum absolute atomic E-state index is 14.8. The number of aromatic nitrogens is 2. The van der Waals surface area contributed by atoms with Crippen molar-refractivity contribution in [3.05, 3.63) is 81.9 Å². The highest BCUT2D eigenvalue weighted by atomic mass is 35.5. The normalized spacial score (nSPS) is 17.4. The van der Waals surface area contributed by atoms with Crippen molar-refractivity contribution in [3.8, 4) is 22.8 Å². The summed E-state index contributed by atoms with van der Waals surface area (Å²) in [5, 5.41) is 14.2. The van der Waals surface area contributed by atoms with Gasteiger partial charge < -0.3 is 25.6 Å². The van der Waals surface area contributed by atoms with E-state index in [-0.39, 0.29) is 46.9 Å². The summed E-state index contributed by atoms with van der Waals surface area (Å²) in [7, 11) is 1.34. The van der Waals surface area contributed by atoms with Gasteiger partial charge in [-0.25, -0.2) is 14.4 Å². The van der Waals surface area contributed by atoms with Crippen LogP contribution in [0.4, 0.5) is 17.6 Å². The van der Waals surface area contributed by atoms with Gasteiger partial charge in [0.25, 0.3) is 5.91 Å². The van der Waals surface area contributed by atoms with Crippen molar-refractivity contribution in [2.75, 3.05) is 20.3 Å². The summed E-state index contributed by atoms with van der Waals surface area (Å²) in [6.07, 6.45) is -5.32. The summed E-state index contributed by atoms with van der Waals surface area (Å²) in [5.41, 5.74) is 0.244. The molecule has 14 heteroatoms. The number of fused-ring (bicyclic) bond motifs is 2. The molecule has 3 heterocycles. The van der Waals surface area contributed by atoms with Gasteiger partial charge in [-0.2, -0.15) is 13.2 Å². The number of carbonyl (C=O) groups excluding carboxylic acids is 2. The SMILES string of the molecule is CC[C@@]1(C(N)=O)COc2c1cc([C@@](O)(CNC(=O)c1cc(OC)c3nc(C)c(Cl)cc3c1)C(F)(F)F)nc2-c1ccc(F)cc1. The van der Waals surface area contributed by atoms with Gasteiger partial charge in [0.2, 0.25) is 11.5 Å². The van der Waals surface area contributed by atoms with Crippen molar-refractivity contribution in [1.29, 1.82) is 0 Å². The molecule has 2 atom stereocenters. The second-order valence-corrected chi connectivity index (χ2v) is 11.1. The number of benzene rings is 2. The van der Waals surface area contributed by atoms with E-state index in [9.17, 15) is 32.3 Å². The van der Waals surface area contributed by atoms with Gasteiger partial charge in [-0.1, -0.05) is 18.5 Å². The molecule has 0 saturated heterocycles. The predicted molar refractivity (Wildman–Crippen MR) is 157 cm³/mol. The van der Waals surface area contributed by atoms with Crippen molar-refractivity contribution in [2.24, 2.45) is 5.73 Å². The number of ether oxygens (including phenoxy) is 2. The van der Waals surface area contributed by atoms with Crippen LogP contribution in [-0.4, -0.2) is 53.3 Å². The summed E-state index contributed by atoms with van der Waals surface area (Å²) in [6.45, 7) is 1.64. The Morgan fingerprint density at radius 2 is 1.84 bits per heavy atom. The molecule has 0 spiro atoms. The molecule has 45 heavy (non-hydrogen) atoms. The maximum atomic E-state index is 14.8. The number of halogens is 5. The average molecular weight is 647 g/mol. The van der Waals surface area contributed by atoms with Gasteiger partial charge >= 0.3 is 6.18 Å². The van der Waals surface area contributed by atoms with Gasteiger partial charge in [-0.15, -0.1) is 0 Å². The van der Waals surface area contributed by atoms with Crippen LogP contribution in [0, 0.1) is 12.7 Å². The number of primary amides is 1. The molecule has 0 radical (unpaired) electrons. The molecule has 2 aromatic heterocycles. The summed E-state index contributed by atoms with van der Waals surface area (Å²) in [6, 6.07) is 9.81. The summed E-state index contributed by atoms with van der Waals surface area (Å²) in [4.78, 5) is 34.3. The van der Waals surface area contributed by atoms with E-state index >= 15 is 0 Å². The summed E-state index contributed by atoms with van der Waals surface area (Å²) in [5.74, 6) is -2.29. The summed E-state index contributed by atoms with van der Waals surface area (Å²) < 4.78 is 69.1. The van der Waals surface area contributed by atoms with Gasteiger partial charge in [-0.3, -0.25) is 9.59 Å². The molecule has 0 saturated carbocycles. The third-order valence-electron chi connectivity index (χ3n) is 8.04. The molecular formula is C31H27ClF4N4O5. The van der Waals surface area contributed by atoms with E-state index in [1.165, 1.54) is 37.4 Å².